The molecule has 0 unspecified atom stereocenters. The Hall–Kier alpha value is -1.30. The number of nitrogens with zero attached hydrogens (tertiary/aromatic N) is 2. The molecule has 1 rings (SSSR count). The molecule has 0 fully saturated rings. The Morgan fingerprint density at radius 3 is 2.33 bits per heavy atom. The van der Waals surface area contributed by atoms with Gasteiger partial charge in [-0.05, 0) is 11.8 Å². The molecule has 100 valence electrons. The molecular formula is C10H15N2O5P. The number of pyridine rings is 1. The predicted molar refractivity (Wildman–Crippen MR) is 65.7 cm³/mol. The zero-order valence-electron chi connectivity index (χ0n) is 10.3. The molecule has 0 saturated carbocycles. The van der Waals surface area contributed by atoms with Crippen molar-refractivity contribution in [3.05, 3.63) is 27.9 Å². The van der Waals surface area contributed by atoms with E-state index in [1.165, 1.54) is 6.07 Å². The van der Waals surface area contributed by atoms with Gasteiger partial charge < -0.3 is 9.79 Å². The summed E-state index contributed by atoms with van der Waals surface area (Å²) in [6.45, 7) is 5.72. The van der Waals surface area contributed by atoms with E-state index in [0.717, 1.165) is 6.07 Å². The highest BCUT2D eigenvalue weighted by Gasteiger charge is 2.25. The largest absolute Gasteiger partial charge is 0.374 e. The van der Waals surface area contributed by atoms with E-state index in [1.807, 2.05) is 20.8 Å². The van der Waals surface area contributed by atoms with E-state index in [2.05, 4.69) is 4.98 Å². The van der Waals surface area contributed by atoms with Gasteiger partial charge in [0.1, 0.15) is 0 Å². The topological polar surface area (TPSA) is 114 Å². The smallest absolute Gasteiger partial charge is 0.320 e. The molecule has 8 heteroatoms. The molecule has 18 heavy (non-hydrogen) atoms. The van der Waals surface area contributed by atoms with Crippen LogP contribution in [0.3, 0.4) is 0 Å². The summed E-state index contributed by atoms with van der Waals surface area (Å²) in [5.41, 5.74) is -0.803. The van der Waals surface area contributed by atoms with Crippen LogP contribution in [0.5, 0.6) is 0 Å². The van der Waals surface area contributed by atoms with Crippen molar-refractivity contribution in [2.24, 2.45) is 5.41 Å². The van der Waals surface area contributed by atoms with E-state index < -0.39 is 18.0 Å². The molecule has 2 N–H and O–H groups in total. The number of hydrogen-bond acceptors (Lipinski definition) is 4. The fraction of sp³-hybridized carbons (Fsp3) is 0.500. The van der Waals surface area contributed by atoms with Crippen molar-refractivity contribution in [3.63, 3.8) is 0 Å². The molecule has 0 saturated heterocycles. The highest BCUT2D eigenvalue weighted by molar-refractivity contribution is 7.60. The molecule has 1 aromatic rings. The second kappa shape index (κ2) is 4.76. The monoisotopic (exact) mass is 274 g/mol. The van der Waals surface area contributed by atoms with Crippen LogP contribution in [0.15, 0.2) is 12.1 Å². The summed E-state index contributed by atoms with van der Waals surface area (Å²) in [7, 11) is -4.59. The Morgan fingerprint density at radius 1 is 1.39 bits per heavy atom. The summed E-state index contributed by atoms with van der Waals surface area (Å²) in [6, 6.07) is 2.05. The third-order valence-electron chi connectivity index (χ3n) is 2.07. The number of hydrogen-bond donors (Lipinski definition) is 2. The summed E-state index contributed by atoms with van der Waals surface area (Å²) in [5, 5.41) is 10.7. The van der Waals surface area contributed by atoms with E-state index in [0.29, 0.717) is 12.1 Å². The summed E-state index contributed by atoms with van der Waals surface area (Å²) in [5.74, 6) is 0. The van der Waals surface area contributed by atoms with Crippen LogP contribution < -0.4 is 5.44 Å². The normalized spacial score (nSPS) is 12.5. The minimum atomic E-state index is -4.59. The molecular weight excluding hydrogens is 259 g/mol. The third-order valence-corrected chi connectivity index (χ3v) is 2.90. The Kier molecular flexibility index (Phi) is 3.90. The van der Waals surface area contributed by atoms with Crippen molar-refractivity contribution in [1.29, 1.82) is 0 Å². The van der Waals surface area contributed by atoms with Gasteiger partial charge in [0.15, 0.2) is 5.44 Å². The van der Waals surface area contributed by atoms with Crippen LogP contribution >= 0.6 is 7.60 Å². The van der Waals surface area contributed by atoms with Gasteiger partial charge in [0.05, 0.1) is 11.0 Å². The van der Waals surface area contributed by atoms with Gasteiger partial charge in [0.25, 0.3) is 5.69 Å². The van der Waals surface area contributed by atoms with Crippen LogP contribution in [0, 0.1) is 15.5 Å². The average molecular weight is 274 g/mol. The van der Waals surface area contributed by atoms with Crippen molar-refractivity contribution in [3.8, 4) is 0 Å². The van der Waals surface area contributed by atoms with Gasteiger partial charge in [0, 0.05) is 11.8 Å². The molecule has 0 aliphatic heterocycles. The second-order valence-electron chi connectivity index (χ2n) is 5.21. The quantitative estimate of drug-likeness (QED) is 0.489. The van der Waals surface area contributed by atoms with Gasteiger partial charge in [-0.15, -0.1) is 0 Å². The lowest BCUT2D eigenvalue weighted by molar-refractivity contribution is -0.384. The van der Waals surface area contributed by atoms with E-state index in [9.17, 15) is 14.7 Å². The number of nitro groups is 1. The van der Waals surface area contributed by atoms with Crippen LogP contribution in [0.25, 0.3) is 0 Å². The zero-order chi connectivity index (χ0) is 14.1. The molecule has 0 aromatic carbocycles. The molecule has 1 aromatic heterocycles. The van der Waals surface area contributed by atoms with Gasteiger partial charge in [-0.25, -0.2) is 4.98 Å². The van der Waals surface area contributed by atoms with Crippen LogP contribution in [0.1, 0.15) is 26.5 Å². The van der Waals surface area contributed by atoms with Gasteiger partial charge in [-0.3, -0.25) is 14.7 Å². The van der Waals surface area contributed by atoms with Crippen LogP contribution in [0.2, 0.25) is 0 Å². The maximum absolute atomic E-state index is 11.1. The zero-order valence-corrected chi connectivity index (χ0v) is 11.2. The summed E-state index contributed by atoms with van der Waals surface area (Å²) < 4.78 is 11.1. The van der Waals surface area contributed by atoms with Crippen molar-refractivity contribution in [2.75, 3.05) is 0 Å². The number of rotatable bonds is 3. The number of aromatic nitrogens is 1. The Morgan fingerprint density at radius 2 is 1.94 bits per heavy atom. The molecule has 0 bridgehead atoms. The molecule has 1 heterocycles. The Labute approximate surface area is 104 Å². The minimum absolute atomic E-state index is 0.186. The van der Waals surface area contributed by atoms with Crippen molar-refractivity contribution >= 4 is 18.7 Å². The molecule has 0 radical (unpaired) electrons. The third kappa shape index (κ3) is 4.18. The predicted octanol–water partition coefficient (Wildman–Crippen LogP) is 1.38. The summed E-state index contributed by atoms with van der Waals surface area (Å²) >= 11 is 0. The van der Waals surface area contributed by atoms with Crippen LogP contribution in [-0.4, -0.2) is 19.7 Å². The molecule has 0 amide bonds. The standard InChI is InChI=1S/C10H15N2O5P/c1-10(2,3)6-7-4-8(12(13)14)5-9(11-7)18(15,16)17/h4-5H,6H2,1-3H3,(H2,15,16,17). The van der Waals surface area contributed by atoms with Crippen molar-refractivity contribution in [2.45, 2.75) is 27.2 Å². The Bertz CT molecular complexity index is 517. The summed E-state index contributed by atoms with van der Waals surface area (Å²) in [6.07, 6.45) is 0.391. The highest BCUT2D eigenvalue weighted by Crippen LogP contribution is 2.34. The van der Waals surface area contributed by atoms with Crippen LogP contribution in [-0.2, 0) is 11.0 Å². The maximum atomic E-state index is 11.1. The fourth-order valence-electron chi connectivity index (χ4n) is 1.44. The van der Waals surface area contributed by atoms with E-state index in [1.54, 1.807) is 0 Å². The van der Waals surface area contributed by atoms with Gasteiger partial charge in [-0.1, -0.05) is 20.8 Å². The Balaban J connectivity index is 3.32. The molecule has 0 aliphatic carbocycles. The molecule has 7 nitrogen and oxygen atoms in total. The van der Waals surface area contributed by atoms with Crippen molar-refractivity contribution < 1.29 is 19.3 Å². The minimum Gasteiger partial charge on any atom is -0.320 e. The lowest BCUT2D eigenvalue weighted by Gasteiger charge is -2.17. The molecule has 0 atom stereocenters. The summed E-state index contributed by atoms with van der Waals surface area (Å²) in [4.78, 5) is 31.9. The first-order valence-electron chi connectivity index (χ1n) is 5.20. The lowest BCUT2D eigenvalue weighted by atomic mass is 9.90. The van der Waals surface area contributed by atoms with Crippen molar-refractivity contribution in [1.82, 2.24) is 4.98 Å². The lowest BCUT2D eigenvalue weighted by Crippen LogP contribution is -2.17. The first kappa shape index (κ1) is 14.8. The van der Waals surface area contributed by atoms with E-state index >= 15 is 0 Å². The highest BCUT2D eigenvalue weighted by atomic mass is 31.2. The van der Waals surface area contributed by atoms with Crippen LogP contribution in [0.4, 0.5) is 5.69 Å². The first-order chi connectivity index (χ1) is 7.99. The second-order valence-corrected chi connectivity index (χ2v) is 6.76. The average Bonchev–Trinajstić information content (AvgIpc) is 2.12. The van der Waals surface area contributed by atoms with E-state index in [-0.39, 0.29) is 11.1 Å². The van der Waals surface area contributed by atoms with Gasteiger partial charge >= 0.3 is 7.60 Å². The molecule has 0 aliphatic rings. The molecule has 0 spiro atoms. The maximum Gasteiger partial charge on any atom is 0.374 e. The van der Waals surface area contributed by atoms with E-state index in [4.69, 9.17) is 9.79 Å². The SMILES string of the molecule is CC(C)(C)Cc1cc([N+](=O)[O-])cc(P(=O)(O)O)n1. The van der Waals surface area contributed by atoms with Gasteiger partial charge in [0.2, 0.25) is 0 Å². The fourth-order valence-corrected chi connectivity index (χ4v) is 2.00. The first-order valence-corrected chi connectivity index (χ1v) is 6.82. The van der Waals surface area contributed by atoms with Gasteiger partial charge in [-0.2, -0.15) is 0 Å².